The molecule has 2 heterocycles. The number of rotatable bonds is 5. The maximum atomic E-state index is 12.0. The summed E-state index contributed by atoms with van der Waals surface area (Å²) in [5.74, 6) is -0.0540. The lowest BCUT2D eigenvalue weighted by atomic mass is 10.2. The molecular weight excluding hydrogens is 312 g/mol. The fourth-order valence-corrected chi connectivity index (χ4v) is 3.20. The molecule has 1 saturated heterocycles. The fraction of sp³-hybridized carbons (Fsp3) is 0.400. The van der Waals surface area contributed by atoms with Gasteiger partial charge < -0.3 is 10.2 Å². The lowest BCUT2D eigenvalue weighted by Gasteiger charge is -2.36. The van der Waals surface area contributed by atoms with Crippen LogP contribution < -0.4 is 10.2 Å². The van der Waals surface area contributed by atoms with Crippen molar-refractivity contribution in [3.8, 4) is 0 Å². The second-order valence-electron chi connectivity index (χ2n) is 6.90. The van der Waals surface area contributed by atoms with Crippen LogP contribution in [0.3, 0.4) is 0 Å². The summed E-state index contributed by atoms with van der Waals surface area (Å²) in [7, 11) is 0. The monoisotopic (exact) mass is 336 g/mol. The number of piperazine rings is 1. The molecule has 1 aliphatic carbocycles. The predicted octanol–water partition coefficient (Wildman–Crippen LogP) is 2.30. The van der Waals surface area contributed by atoms with Crippen LogP contribution in [0.15, 0.2) is 48.7 Å². The summed E-state index contributed by atoms with van der Waals surface area (Å²) in [4.78, 5) is 21.2. The highest BCUT2D eigenvalue weighted by molar-refractivity contribution is 5.92. The van der Waals surface area contributed by atoms with E-state index in [9.17, 15) is 4.79 Å². The average Bonchev–Trinajstić information content (AvgIpc) is 3.47. The van der Waals surface area contributed by atoms with Crippen LogP contribution in [0, 0.1) is 0 Å². The van der Waals surface area contributed by atoms with Gasteiger partial charge in [0.15, 0.2) is 0 Å². The molecular formula is C20H24N4O. The van der Waals surface area contributed by atoms with Crippen LogP contribution in [-0.2, 0) is 6.54 Å². The zero-order valence-corrected chi connectivity index (χ0v) is 14.4. The quantitative estimate of drug-likeness (QED) is 0.910. The minimum atomic E-state index is -0.0540. The number of carbonyl (C=O) groups excluding carboxylic acids is 1. The molecule has 2 aliphatic rings. The van der Waals surface area contributed by atoms with E-state index in [0.29, 0.717) is 11.7 Å². The Bertz CT molecular complexity index is 704. The molecule has 1 aliphatic heterocycles. The first kappa shape index (κ1) is 16.1. The molecule has 1 amide bonds. The van der Waals surface area contributed by atoms with E-state index in [1.807, 2.05) is 18.3 Å². The first-order valence-corrected chi connectivity index (χ1v) is 9.06. The second-order valence-corrected chi connectivity index (χ2v) is 6.90. The fourth-order valence-electron chi connectivity index (χ4n) is 3.20. The zero-order valence-electron chi connectivity index (χ0n) is 14.4. The summed E-state index contributed by atoms with van der Waals surface area (Å²) in [5.41, 5.74) is 2.98. The summed E-state index contributed by atoms with van der Waals surface area (Å²) in [6.45, 7) is 5.06. The van der Waals surface area contributed by atoms with Crippen LogP contribution >= 0.6 is 0 Å². The van der Waals surface area contributed by atoms with Crippen molar-refractivity contribution in [3.63, 3.8) is 0 Å². The number of nitrogens with one attached hydrogen (secondary N) is 1. The van der Waals surface area contributed by atoms with Crippen molar-refractivity contribution in [3.05, 3.63) is 59.9 Å². The smallest absolute Gasteiger partial charge is 0.270 e. The molecule has 5 heteroatoms. The average molecular weight is 336 g/mol. The van der Waals surface area contributed by atoms with Gasteiger partial charge in [0.25, 0.3) is 5.91 Å². The summed E-state index contributed by atoms with van der Waals surface area (Å²) in [6, 6.07) is 14.8. The van der Waals surface area contributed by atoms with E-state index in [2.05, 4.69) is 50.4 Å². The van der Waals surface area contributed by atoms with E-state index in [-0.39, 0.29) is 5.91 Å². The van der Waals surface area contributed by atoms with Crippen molar-refractivity contribution in [1.29, 1.82) is 0 Å². The van der Waals surface area contributed by atoms with Gasteiger partial charge in [-0.05, 0) is 30.5 Å². The Morgan fingerprint density at radius 3 is 2.44 bits per heavy atom. The molecule has 5 nitrogen and oxygen atoms in total. The number of nitrogens with zero attached hydrogens (tertiary/aromatic N) is 3. The number of hydrogen-bond donors (Lipinski definition) is 1. The van der Waals surface area contributed by atoms with Crippen molar-refractivity contribution in [2.24, 2.45) is 0 Å². The SMILES string of the molecule is O=C(NC1CC1)c1ccc(N2CCN(Cc3ccccc3)CC2)cn1. The maximum absolute atomic E-state index is 12.0. The van der Waals surface area contributed by atoms with Gasteiger partial charge >= 0.3 is 0 Å². The molecule has 1 aromatic carbocycles. The predicted molar refractivity (Wildman–Crippen MR) is 98.7 cm³/mol. The van der Waals surface area contributed by atoms with Gasteiger partial charge in [-0.25, -0.2) is 4.98 Å². The summed E-state index contributed by atoms with van der Waals surface area (Å²) < 4.78 is 0. The number of aromatic nitrogens is 1. The van der Waals surface area contributed by atoms with Gasteiger partial charge in [0.2, 0.25) is 0 Å². The third-order valence-corrected chi connectivity index (χ3v) is 4.88. The lowest BCUT2D eigenvalue weighted by molar-refractivity contribution is 0.0946. The van der Waals surface area contributed by atoms with Gasteiger partial charge in [-0.15, -0.1) is 0 Å². The van der Waals surface area contributed by atoms with Crippen LogP contribution in [0.4, 0.5) is 5.69 Å². The van der Waals surface area contributed by atoms with Crippen LogP contribution in [0.2, 0.25) is 0 Å². The van der Waals surface area contributed by atoms with Crippen molar-refractivity contribution in [2.75, 3.05) is 31.1 Å². The largest absolute Gasteiger partial charge is 0.368 e. The number of hydrogen-bond acceptors (Lipinski definition) is 4. The Balaban J connectivity index is 1.30. The number of carbonyl (C=O) groups is 1. The third kappa shape index (κ3) is 4.17. The van der Waals surface area contributed by atoms with Gasteiger partial charge in [-0.1, -0.05) is 30.3 Å². The van der Waals surface area contributed by atoms with Gasteiger partial charge in [0.05, 0.1) is 11.9 Å². The lowest BCUT2D eigenvalue weighted by Crippen LogP contribution is -2.46. The van der Waals surface area contributed by atoms with E-state index >= 15 is 0 Å². The molecule has 4 rings (SSSR count). The van der Waals surface area contributed by atoms with Crippen molar-refractivity contribution >= 4 is 11.6 Å². The molecule has 1 N–H and O–H groups in total. The summed E-state index contributed by atoms with van der Waals surface area (Å²) in [6.07, 6.45) is 4.02. The van der Waals surface area contributed by atoms with E-state index < -0.39 is 0 Å². The Labute approximate surface area is 148 Å². The number of anilines is 1. The Kier molecular flexibility index (Phi) is 4.65. The molecule has 0 unspecified atom stereocenters. The van der Waals surface area contributed by atoms with Crippen molar-refractivity contribution < 1.29 is 4.79 Å². The highest BCUT2D eigenvalue weighted by Gasteiger charge is 2.24. The minimum Gasteiger partial charge on any atom is -0.368 e. The molecule has 130 valence electrons. The minimum absolute atomic E-state index is 0.0540. The van der Waals surface area contributed by atoms with Crippen LogP contribution in [0.25, 0.3) is 0 Å². The Morgan fingerprint density at radius 2 is 1.80 bits per heavy atom. The third-order valence-electron chi connectivity index (χ3n) is 4.88. The molecule has 1 aromatic heterocycles. The number of amides is 1. The maximum Gasteiger partial charge on any atom is 0.270 e. The van der Waals surface area contributed by atoms with Crippen LogP contribution in [-0.4, -0.2) is 48.0 Å². The van der Waals surface area contributed by atoms with Gasteiger partial charge in [0.1, 0.15) is 5.69 Å². The molecule has 25 heavy (non-hydrogen) atoms. The topological polar surface area (TPSA) is 48.5 Å². The Hall–Kier alpha value is -2.40. The first-order chi connectivity index (χ1) is 12.3. The Morgan fingerprint density at radius 1 is 1.04 bits per heavy atom. The van der Waals surface area contributed by atoms with E-state index in [0.717, 1.165) is 51.3 Å². The molecule has 0 atom stereocenters. The van der Waals surface area contributed by atoms with Gasteiger partial charge in [-0.2, -0.15) is 0 Å². The molecule has 0 radical (unpaired) electrons. The first-order valence-electron chi connectivity index (χ1n) is 9.06. The molecule has 2 aromatic rings. The van der Waals surface area contributed by atoms with Gasteiger partial charge in [0, 0.05) is 38.8 Å². The summed E-state index contributed by atoms with van der Waals surface area (Å²) >= 11 is 0. The van der Waals surface area contributed by atoms with E-state index in [4.69, 9.17) is 0 Å². The molecule has 0 spiro atoms. The van der Waals surface area contributed by atoms with Gasteiger partial charge in [-0.3, -0.25) is 9.69 Å². The standard InChI is InChI=1S/C20H24N4O/c25-20(22-17-6-7-17)19-9-8-18(14-21-19)24-12-10-23(11-13-24)15-16-4-2-1-3-5-16/h1-5,8-9,14,17H,6-7,10-13,15H2,(H,22,25). The zero-order chi connectivity index (χ0) is 17.1. The highest BCUT2D eigenvalue weighted by atomic mass is 16.2. The number of pyridine rings is 1. The molecule has 0 bridgehead atoms. The van der Waals surface area contributed by atoms with E-state index in [1.165, 1.54) is 5.56 Å². The molecule has 2 fully saturated rings. The van der Waals surface area contributed by atoms with Crippen molar-refractivity contribution in [1.82, 2.24) is 15.2 Å². The molecule has 1 saturated carbocycles. The van der Waals surface area contributed by atoms with Crippen LogP contribution in [0.1, 0.15) is 28.9 Å². The second kappa shape index (κ2) is 7.23. The highest BCUT2D eigenvalue weighted by Crippen LogP contribution is 2.20. The normalized spacial score (nSPS) is 18.2. The van der Waals surface area contributed by atoms with E-state index in [1.54, 1.807) is 0 Å². The number of benzene rings is 1. The summed E-state index contributed by atoms with van der Waals surface area (Å²) in [5, 5.41) is 2.98. The van der Waals surface area contributed by atoms with Crippen LogP contribution in [0.5, 0.6) is 0 Å². The van der Waals surface area contributed by atoms with Crippen molar-refractivity contribution in [2.45, 2.75) is 25.4 Å².